The number of aromatic nitrogens is 2. The van der Waals surface area contributed by atoms with Gasteiger partial charge in [0.15, 0.2) is 0 Å². The van der Waals surface area contributed by atoms with E-state index >= 15 is 0 Å². The fourth-order valence-electron chi connectivity index (χ4n) is 3.96. The standard InChI is InChI=1S/C20H22N6O5/c1-11-9-12(26(30)31)5-6-14(11)21-18(28)13-10-15(27)22-17-16(13)19(29)24-20(23-17)25-7-3-2-4-8-25/h5-6,9,13H,2-4,7-8,10H2,1H3,(H,21,28)(H2,22,23,24,27,29). The predicted molar refractivity (Wildman–Crippen MR) is 113 cm³/mol. The Kier molecular flexibility index (Phi) is 5.40. The van der Waals surface area contributed by atoms with Gasteiger partial charge in [-0.25, -0.2) is 0 Å². The number of carbonyl (C=O) groups excluding carboxylic acids is 2. The van der Waals surface area contributed by atoms with Gasteiger partial charge in [0.25, 0.3) is 11.2 Å². The topological polar surface area (TPSA) is 150 Å². The number of fused-ring (bicyclic) bond motifs is 1. The van der Waals surface area contributed by atoms with Crippen molar-refractivity contribution < 1.29 is 14.5 Å². The zero-order valence-electron chi connectivity index (χ0n) is 16.9. The van der Waals surface area contributed by atoms with Crippen molar-refractivity contribution in [1.82, 2.24) is 9.97 Å². The summed E-state index contributed by atoms with van der Waals surface area (Å²) in [7, 11) is 0. The van der Waals surface area contributed by atoms with Crippen molar-refractivity contribution in [2.75, 3.05) is 28.6 Å². The van der Waals surface area contributed by atoms with Crippen molar-refractivity contribution in [3.05, 3.63) is 49.8 Å². The molecule has 0 spiro atoms. The highest BCUT2D eigenvalue weighted by molar-refractivity contribution is 6.04. The van der Waals surface area contributed by atoms with Crippen molar-refractivity contribution in [2.24, 2.45) is 0 Å². The number of nitrogens with one attached hydrogen (secondary N) is 3. The molecule has 2 aliphatic rings. The molecule has 3 N–H and O–H groups in total. The number of non-ortho nitro benzene ring substituents is 1. The molecule has 3 heterocycles. The number of amides is 2. The van der Waals surface area contributed by atoms with E-state index in [-0.39, 0.29) is 23.5 Å². The molecule has 2 amide bonds. The Morgan fingerprint density at radius 2 is 2.00 bits per heavy atom. The molecule has 0 saturated carbocycles. The Labute approximate surface area is 177 Å². The first-order valence-corrected chi connectivity index (χ1v) is 10.1. The molecule has 1 aromatic heterocycles. The van der Waals surface area contributed by atoms with Gasteiger partial charge in [-0.3, -0.25) is 29.5 Å². The van der Waals surface area contributed by atoms with Crippen LogP contribution in [0.3, 0.4) is 0 Å². The van der Waals surface area contributed by atoms with Crippen molar-refractivity contribution >= 4 is 35.0 Å². The lowest BCUT2D eigenvalue weighted by molar-refractivity contribution is -0.384. The van der Waals surface area contributed by atoms with E-state index in [9.17, 15) is 24.5 Å². The number of rotatable bonds is 4. The molecule has 11 heteroatoms. The Balaban J connectivity index is 1.63. The predicted octanol–water partition coefficient (Wildman–Crippen LogP) is 2.04. The van der Waals surface area contributed by atoms with Crippen LogP contribution in [0.1, 0.15) is 42.7 Å². The molecule has 1 atom stereocenters. The second kappa shape index (κ2) is 8.17. The van der Waals surface area contributed by atoms with Crippen molar-refractivity contribution in [2.45, 2.75) is 38.5 Å². The number of anilines is 3. The summed E-state index contributed by atoms with van der Waals surface area (Å²) in [5.41, 5.74) is 0.417. The first-order chi connectivity index (χ1) is 14.8. The molecule has 0 aliphatic carbocycles. The molecular weight excluding hydrogens is 404 g/mol. The molecule has 162 valence electrons. The van der Waals surface area contributed by atoms with Crippen LogP contribution in [-0.2, 0) is 9.59 Å². The minimum Gasteiger partial charge on any atom is -0.342 e. The maximum Gasteiger partial charge on any atom is 0.269 e. The first-order valence-electron chi connectivity index (χ1n) is 10.1. The van der Waals surface area contributed by atoms with E-state index in [1.54, 1.807) is 6.92 Å². The molecule has 1 unspecified atom stereocenters. The highest BCUT2D eigenvalue weighted by Crippen LogP contribution is 2.31. The number of benzene rings is 1. The summed E-state index contributed by atoms with van der Waals surface area (Å²) in [4.78, 5) is 57.6. The number of aryl methyl sites for hydroxylation is 1. The van der Waals surface area contributed by atoms with Crippen LogP contribution in [0.5, 0.6) is 0 Å². The van der Waals surface area contributed by atoms with E-state index in [0.717, 1.165) is 32.4 Å². The molecular formula is C20H22N6O5. The van der Waals surface area contributed by atoms with Gasteiger partial charge in [0.05, 0.1) is 16.4 Å². The van der Waals surface area contributed by atoms with Crippen molar-refractivity contribution in [1.29, 1.82) is 0 Å². The number of H-pyrrole nitrogens is 1. The third-order valence-electron chi connectivity index (χ3n) is 5.59. The van der Waals surface area contributed by atoms with Crippen LogP contribution in [0.2, 0.25) is 0 Å². The fraction of sp³-hybridized carbons (Fsp3) is 0.400. The summed E-state index contributed by atoms with van der Waals surface area (Å²) in [6.45, 7) is 3.15. The molecule has 0 radical (unpaired) electrons. The smallest absolute Gasteiger partial charge is 0.269 e. The van der Waals surface area contributed by atoms with Gasteiger partial charge < -0.3 is 15.5 Å². The van der Waals surface area contributed by atoms with Crippen LogP contribution >= 0.6 is 0 Å². The van der Waals surface area contributed by atoms with Gasteiger partial charge in [-0.2, -0.15) is 4.98 Å². The Hall–Kier alpha value is -3.76. The largest absolute Gasteiger partial charge is 0.342 e. The maximum absolute atomic E-state index is 13.0. The number of hydrogen-bond donors (Lipinski definition) is 3. The van der Waals surface area contributed by atoms with E-state index < -0.39 is 28.2 Å². The first kappa shape index (κ1) is 20.5. The van der Waals surface area contributed by atoms with E-state index in [0.29, 0.717) is 17.2 Å². The van der Waals surface area contributed by atoms with Gasteiger partial charge in [0, 0.05) is 37.3 Å². The number of nitro groups is 1. The Morgan fingerprint density at radius 3 is 2.68 bits per heavy atom. The minimum atomic E-state index is -1.02. The summed E-state index contributed by atoms with van der Waals surface area (Å²) >= 11 is 0. The Morgan fingerprint density at radius 1 is 1.26 bits per heavy atom. The van der Waals surface area contributed by atoms with Crippen LogP contribution in [0.25, 0.3) is 0 Å². The van der Waals surface area contributed by atoms with E-state index in [4.69, 9.17) is 0 Å². The normalized spacial score (nSPS) is 18.2. The lowest BCUT2D eigenvalue weighted by Gasteiger charge is -2.29. The summed E-state index contributed by atoms with van der Waals surface area (Å²) < 4.78 is 0. The third-order valence-corrected chi connectivity index (χ3v) is 5.59. The van der Waals surface area contributed by atoms with Crippen LogP contribution in [0.4, 0.5) is 23.1 Å². The van der Waals surface area contributed by atoms with Gasteiger partial charge >= 0.3 is 0 Å². The summed E-state index contributed by atoms with van der Waals surface area (Å²) in [5.74, 6) is -1.50. The molecule has 2 aromatic rings. The second-order valence-corrected chi connectivity index (χ2v) is 7.75. The number of nitro benzene ring substituents is 1. The molecule has 31 heavy (non-hydrogen) atoms. The van der Waals surface area contributed by atoms with E-state index in [2.05, 4.69) is 20.6 Å². The molecule has 4 rings (SSSR count). The van der Waals surface area contributed by atoms with Gasteiger partial charge in [-0.1, -0.05) is 0 Å². The molecule has 0 bridgehead atoms. The zero-order valence-corrected chi connectivity index (χ0v) is 16.9. The minimum absolute atomic E-state index is 0.0937. The second-order valence-electron chi connectivity index (χ2n) is 7.75. The van der Waals surface area contributed by atoms with Crippen LogP contribution in [0.15, 0.2) is 23.0 Å². The van der Waals surface area contributed by atoms with Crippen LogP contribution in [-0.4, -0.2) is 39.8 Å². The number of nitrogens with zero attached hydrogens (tertiary/aromatic N) is 3. The number of aromatic amines is 1. The average Bonchev–Trinajstić information content (AvgIpc) is 2.74. The highest BCUT2D eigenvalue weighted by atomic mass is 16.6. The van der Waals surface area contributed by atoms with Crippen molar-refractivity contribution in [3.63, 3.8) is 0 Å². The number of piperidine rings is 1. The lowest BCUT2D eigenvalue weighted by atomic mass is 9.92. The highest BCUT2D eigenvalue weighted by Gasteiger charge is 2.35. The van der Waals surface area contributed by atoms with E-state index in [1.807, 2.05) is 4.90 Å². The summed E-state index contributed by atoms with van der Waals surface area (Å²) in [5, 5.41) is 16.2. The van der Waals surface area contributed by atoms with Crippen LogP contribution < -0.4 is 21.1 Å². The third kappa shape index (κ3) is 4.11. The van der Waals surface area contributed by atoms with Gasteiger partial charge in [0.2, 0.25) is 17.8 Å². The maximum atomic E-state index is 13.0. The SMILES string of the molecule is Cc1cc([N+](=O)[O-])ccc1NC(=O)C1CC(=O)Nc2nc(N3CCCCC3)[nH]c(=O)c21. The van der Waals surface area contributed by atoms with Gasteiger partial charge in [-0.05, 0) is 37.8 Å². The lowest BCUT2D eigenvalue weighted by Crippen LogP contribution is -2.38. The molecule has 2 aliphatic heterocycles. The van der Waals surface area contributed by atoms with Gasteiger partial charge in [0.1, 0.15) is 5.82 Å². The van der Waals surface area contributed by atoms with Gasteiger partial charge in [-0.15, -0.1) is 0 Å². The Bertz CT molecular complexity index is 1120. The number of carbonyl (C=O) groups is 2. The monoisotopic (exact) mass is 426 g/mol. The molecule has 1 saturated heterocycles. The van der Waals surface area contributed by atoms with E-state index in [1.165, 1.54) is 18.2 Å². The summed E-state index contributed by atoms with van der Waals surface area (Å²) in [6.07, 6.45) is 2.91. The molecule has 1 fully saturated rings. The average molecular weight is 426 g/mol. The fourth-order valence-corrected chi connectivity index (χ4v) is 3.96. The van der Waals surface area contributed by atoms with Crippen LogP contribution in [0, 0.1) is 17.0 Å². The summed E-state index contributed by atoms with van der Waals surface area (Å²) in [6, 6.07) is 4.05. The molecule has 11 nitrogen and oxygen atoms in total. The zero-order chi connectivity index (χ0) is 22.1. The molecule has 1 aromatic carbocycles. The van der Waals surface area contributed by atoms with Crippen molar-refractivity contribution in [3.8, 4) is 0 Å². The quantitative estimate of drug-likeness (QED) is 0.500. The number of hydrogen-bond acceptors (Lipinski definition) is 7.